The first-order valence-electron chi connectivity index (χ1n) is 8.62. The van der Waals surface area contributed by atoms with E-state index in [9.17, 15) is 9.59 Å². The van der Waals surface area contributed by atoms with Gasteiger partial charge in [0.25, 0.3) is 11.8 Å². The van der Waals surface area contributed by atoms with E-state index >= 15 is 0 Å². The number of halogens is 1. The lowest BCUT2D eigenvalue weighted by atomic mass is 10.1. The molecule has 1 aromatic heterocycles. The fraction of sp³-hybridized carbons (Fsp3) is 0.0952. The van der Waals surface area contributed by atoms with E-state index in [-0.39, 0.29) is 11.8 Å². The molecule has 0 fully saturated rings. The van der Waals surface area contributed by atoms with Crippen molar-refractivity contribution in [2.24, 2.45) is 5.73 Å². The number of rotatable bonds is 6. The SMILES string of the molecule is NCc1ccc(C(=O)Nc2ccccc2C(=O)Nc2ccc(CI)cn2)cc1. The van der Waals surface area contributed by atoms with Crippen molar-refractivity contribution in [3.05, 3.63) is 89.1 Å². The van der Waals surface area contributed by atoms with Crippen LogP contribution in [0.4, 0.5) is 11.5 Å². The molecule has 4 N–H and O–H groups in total. The van der Waals surface area contributed by atoms with Crippen LogP contribution in [0.3, 0.4) is 0 Å². The Morgan fingerprint density at radius 2 is 1.61 bits per heavy atom. The highest BCUT2D eigenvalue weighted by Crippen LogP contribution is 2.18. The van der Waals surface area contributed by atoms with Gasteiger partial charge in [0.05, 0.1) is 11.3 Å². The maximum Gasteiger partial charge on any atom is 0.258 e. The predicted octanol–water partition coefficient (Wildman–Crippen LogP) is 3.98. The second-order valence-corrected chi connectivity index (χ2v) is 6.80. The summed E-state index contributed by atoms with van der Waals surface area (Å²) in [5.41, 5.74) is 8.87. The van der Waals surface area contributed by atoms with Crippen LogP contribution in [0.5, 0.6) is 0 Å². The summed E-state index contributed by atoms with van der Waals surface area (Å²) in [4.78, 5) is 29.4. The Balaban J connectivity index is 1.75. The van der Waals surface area contributed by atoms with Gasteiger partial charge >= 0.3 is 0 Å². The molecule has 0 aliphatic rings. The largest absolute Gasteiger partial charge is 0.326 e. The molecule has 142 valence electrons. The van der Waals surface area contributed by atoms with Gasteiger partial charge in [-0.2, -0.15) is 0 Å². The van der Waals surface area contributed by atoms with Crippen molar-refractivity contribution in [1.82, 2.24) is 4.98 Å². The Morgan fingerprint density at radius 3 is 2.25 bits per heavy atom. The summed E-state index contributed by atoms with van der Waals surface area (Å²) in [5, 5.41) is 5.56. The quantitative estimate of drug-likeness (QED) is 0.363. The van der Waals surface area contributed by atoms with Gasteiger partial charge in [-0.25, -0.2) is 4.98 Å². The number of carbonyl (C=O) groups excluding carboxylic acids is 2. The molecular weight excluding hydrogens is 467 g/mol. The third-order valence-electron chi connectivity index (χ3n) is 4.09. The van der Waals surface area contributed by atoms with Gasteiger partial charge in [0.1, 0.15) is 5.82 Å². The van der Waals surface area contributed by atoms with Crippen LogP contribution in [0, 0.1) is 0 Å². The van der Waals surface area contributed by atoms with Crippen molar-refractivity contribution in [2.45, 2.75) is 11.0 Å². The molecule has 0 unspecified atom stereocenters. The number of amides is 2. The molecular formula is C21H19IN4O2. The first-order chi connectivity index (χ1) is 13.6. The molecule has 6 nitrogen and oxygen atoms in total. The van der Waals surface area contributed by atoms with E-state index in [1.807, 2.05) is 6.07 Å². The molecule has 1 heterocycles. The number of nitrogens with two attached hydrogens (primary N) is 1. The standard InChI is InChI=1S/C21H19IN4O2/c22-11-15-7-10-19(24-13-15)26-21(28)17-3-1-2-4-18(17)25-20(27)16-8-5-14(12-23)6-9-16/h1-10,13H,11-12,23H2,(H,25,27)(H,24,26,28). The lowest BCUT2D eigenvalue weighted by Gasteiger charge is -2.11. The first kappa shape index (κ1) is 20.0. The predicted molar refractivity (Wildman–Crippen MR) is 119 cm³/mol. The second kappa shape index (κ2) is 9.43. The molecule has 2 amide bonds. The highest BCUT2D eigenvalue weighted by atomic mass is 127. The number of nitrogens with one attached hydrogen (secondary N) is 2. The molecule has 0 radical (unpaired) electrons. The molecule has 0 aliphatic heterocycles. The van der Waals surface area contributed by atoms with Crippen LogP contribution in [-0.2, 0) is 11.0 Å². The lowest BCUT2D eigenvalue weighted by molar-refractivity contribution is 0.102. The number of alkyl halides is 1. The van der Waals surface area contributed by atoms with Crippen LogP contribution < -0.4 is 16.4 Å². The van der Waals surface area contributed by atoms with Crippen molar-refractivity contribution >= 4 is 45.9 Å². The number of aromatic nitrogens is 1. The van der Waals surface area contributed by atoms with Gasteiger partial charge in [-0.05, 0) is 41.5 Å². The van der Waals surface area contributed by atoms with Crippen molar-refractivity contribution in [2.75, 3.05) is 10.6 Å². The van der Waals surface area contributed by atoms with Gasteiger partial charge in [-0.3, -0.25) is 9.59 Å². The topological polar surface area (TPSA) is 97.1 Å². The maximum atomic E-state index is 12.7. The Morgan fingerprint density at radius 1 is 0.893 bits per heavy atom. The van der Waals surface area contributed by atoms with Gasteiger partial charge in [-0.15, -0.1) is 0 Å². The van der Waals surface area contributed by atoms with Crippen molar-refractivity contribution in [1.29, 1.82) is 0 Å². The number of para-hydroxylation sites is 1. The molecule has 0 aliphatic carbocycles. The Hall–Kier alpha value is -2.78. The third kappa shape index (κ3) is 4.93. The van der Waals surface area contributed by atoms with Crippen LogP contribution in [0.2, 0.25) is 0 Å². The molecule has 0 spiro atoms. The maximum absolute atomic E-state index is 12.7. The van der Waals surface area contributed by atoms with E-state index in [2.05, 4.69) is 38.2 Å². The molecule has 0 bridgehead atoms. The van der Waals surface area contributed by atoms with Crippen LogP contribution >= 0.6 is 22.6 Å². The van der Waals surface area contributed by atoms with E-state index < -0.39 is 0 Å². The number of anilines is 2. The van der Waals surface area contributed by atoms with Crippen LogP contribution in [-0.4, -0.2) is 16.8 Å². The molecule has 28 heavy (non-hydrogen) atoms. The van der Waals surface area contributed by atoms with Crippen molar-refractivity contribution in [3.63, 3.8) is 0 Å². The average molecular weight is 486 g/mol. The van der Waals surface area contributed by atoms with Gasteiger partial charge in [0, 0.05) is 22.7 Å². The van der Waals surface area contributed by atoms with E-state index in [0.29, 0.717) is 29.2 Å². The summed E-state index contributed by atoms with van der Waals surface area (Å²) < 4.78 is 0.847. The lowest BCUT2D eigenvalue weighted by Crippen LogP contribution is -2.18. The zero-order valence-corrected chi connectivity index (χ0v) is 17.1. The highest BCUT2D eigenvalue weighted by molar-refractivity contribution is 14.1. The Labute approximate surface area is 176 Å². The number of hydrogen-bond acceptors (Lipinski definition) is 4. The highest BCUT2D eigenvalue weighted by Gasteiger charge is 2.14. The molecule has 2 aromatic carbocycles. The van der Waals surface area contributed by atoms with Gasteiger partial charge < -0.3 is 16.4 Å². The number of pyridine rings is 1. The molecule has 3 aromatic rings. The normalized spacial score (nSPS) is 10.4. The van der Waals surface area contributed by atoms with Crippen LogP contribution in [0.1, 0.15) is 31.8 Å². The minimum atomic E-state index is -0.343. The summed E-state index contributed by atoms with van der Waals surface area (Å²) in [6, 6.07) is 17.5. The Kier molecular flexibility index (Phi) is 6.72. The van der Waals surface area contributed by atoms with Gasteiger partial charge in [0.2, 0.25) is 0 Å². The molecule has 0 saturated heterocycles. The fourth-order valence-corrected chi connectivity index (χ4v) is 2.99. The average Bonchev–Trinajstić information content (AvgIpc) is 2.74. The van der Waals surface area contributed by atoms with Crippen LogP contribution in [0.25, 0.3) is 0 Å². The molecule has 7 heteroatoms. The zero-order chi connectivity index (χ0) is 19.9. The second-order valence-electron chi connectivity index (χ2n) is 6.04. The summed E-state index contributed by atoms with van der Waals surface area (Å²) in [6.45, 7) is 0.414. The summed E-state index contributed by atoms with van der Waals surface area (Å²) in [6.07, 6.45) is 1.72. The Bertz CT molecular complexity index is 972. The van der Waals surface area contributed by atoms with Crippen molar-refractivity contribution in [3.8, 4) is 0 Å². The fourth-order valence-electron chi connectivity index (χ4n) is 2.54. The summed E-state index contributed by atoms with van der Waals surface area (Å²) in [5.74, 6) is -0.186. The van der Waals surface area contributed by atoms with E-state index in [1.54, 1.807) is 60.8 Å². The molecule has 3 rings (SSSR count). The number of carbonyl (C=O) groups is 2. The summed E-state index contributed by atoms with van der Waals surface area (Å²) >= 11 is 2.25. The van der Waals surface area contributed by atoms with Gasteiger partial charge in [-0.1, -0.05) is 52.9 Å². The summed E-state index contributed by atoms with van der Waals surface area (Å²) in [7, 11) is 0. The van der Waals surface area contributed by atoms with Crippen molar-refractivity contribution < 1.29 is 9.59 Å². The number of hydrogen-bond donors (Lipinski definition) is 3. The molecule has 0 atom stereocenters. The number of benzene rings is 2. The minimum absolute atomic E-state index is 0.298. The van der Waals surface area contributed by atoms with E-state index in [1.165, 1.54) is 0 Å². The van der Waals surface area contributed by atoms with Crippen LogP contribution in [0.15, 0.2) is 66.9 Å². The third-order valence-corrected chi connectivity index (χ3v) is 4.97. The smallest absolute Gasteiger partial charge is 0.258 e. The first-order valence-corrected chi connectivity index (χ1v) is 10.1. The zero-order valence-electron chi connectivity index (χ0n) is 15.0. The monoisotopic (exact) mass is 486 g/mol. The van der Waals surface area contributed by atoms with E-state index in [0.717, 1.165) is 15.6 Å². The number of nitrogens with zero attached hydrogens (tertiary/aromatic N) is 1. The minimum Gasteiger partial charge on any atom is -0.326 e. The molecule has 0 saturated carbocycles. The van der Waals surface area contributed by atoms with E-state index in [4.69, 9.17) is 5.73 Å². The van der Waals surface area contributed by atoms with Gasteiger partial charge in [0.15, 0.2) is 0 Å².